The van der Waals surface area contributed by atoms with Crippen molar-refractivity contribution in [2.75, 3.05) is 31.5 Å². The standard InChI is InChI=1S/C20H23N7O2/c28-20(21-19-22-24-25-23-19)27-11-9-26(10-12-27)14-17-7-4-8-18(13-17)29-15-16-5-2-1-3-6-16/h1-8,13H,9-12,14-15H2,(H2,21,22,23,24,25,28). The highest BCUT2D eigenvalue weighted by molar-refractivity contribution is 5.87. The highest BCUT2D eigenvalue weighted by Crippen LogP contribution is 2.17. The molecule has 9 heteroatoms. The first kappa shape index (κ1) is 18.9. The van der Waals surface area contributed by atoms with Crippen molar-refractivity contribution in [2.24, 2.45) is 0 Å². The maximum Gasteiger partial charge on any atom is 0.324 e. The van der Waals surface area contributed by atoms with Gasteiger partial charge in [-0.25, -0.2) is 4.79 Å². The zero-order valence-corrected chi connectivity index (χ0v) is 16.0. The molecule has 3 aromatic rings. The maximum atomic E-state index is 12.2. The van der Waals surface area contributed by atoms with E-state index in [1.807, 2.05) is 30.3 Å². The van der Waals surface area contributed by atoms with Gasteiger partial charge in [0, 0.05) is 32.7 Å². The number of piperazine rings is 1. The monoisotopic (exact) mass is 393 g/mol. The molecule has 29 heavy (non-hydrogen) atoms. The minimum atomic E-state index is -0.206. The number of nitrogens with zero attached hydrogens (tertiary/aromatic N) is 5. The van der Waals surface area contributed by atoms with Gasteiger partial charge in [-0.3, -0.25) is 10.2 Å². The minimum absolute atomic E-state index is 0.185. The van der Waals surface area contributed by atoms with Crippen molar-refractivity contribution in [3.63, 3.8) is 0 Å². The summed E-state index contributed by atoms with van der Waals surface area (Å²) in [5.41, 5.74) is 2.34. The van der Waals surface area contributed by atoms with Crippen LogP contribution in [0.1, 0.15) is 11.1 Å². The number of ether oxygens (including phenoxy) is 1. The molecule has 2 N–H and O–H groups in total. The molecule has 1 aromatic heterocycles. The lowest BCUT2D eigenvalue weighted by atomic mass is 10.2. The number of nitrogens with one attached hydrogen (secondary N) is 2. The van der Waals surface area contributed by atoms with E-state index in [9.17, 15) is 4.79 Å². The van der Waals surface area contributed by atoms with E-state index in [2.05, 4.69) is 55.1 Å². The molecule has 1 saturated heterocycles. The molecule has 1 aliphatic heterocycles. The summed E-state index contributed by atoms with van der Waals surface area (Å²) < 4.78 is 5.92. The predicted molar refractivity (Wildman–Crippen MR) is 107 cm³/mol. The zero-order chi connectivity index (χ0) is 19.9. The first-order chi connectivity index (χ1) is 14.3. The number of hydrogen-bond acceptors (Lipinski definition) is 6. The number of anilines is 1. The molecule has 0 bridgehead atoms. The Morgan fingerprint density at radius 2 is 1.83 bits per heavy atom. The number of aromatic amines is 1. The fourth-order valence-electron chi connectivity index (χ4n) is 3.23. The summed E-state index contributed by atoms with van der Waals surface area (Å²) in [7, 11) is 0. The maximum absolute atomic E-state index is 12.2. The number of H-pyrrole nitrogens is 1. The number of urea groups is 1. The lowest BCUT2D eigenvalue weighted by molar-refractivity contribution is 0.143. The van der Waals surface area contributed by atoms with E-state index in [1.165, 1.54) is 5.56 Å². The van der Waals surface area contributed by atoms with E-state index in [0.29, 0.717) is 19.7 Å². The third-order valence-corrected chi connectivity index (χ3v) is 4.78. The minimum Gasteiger partial charge on any atom is -0.489 e. The van der Waals surface area contributed by atoms with E-state index in [-0.39, 0.29) is 12.0 Å². The molecule has 0 radical (unpaired) electrons. The molecule has 2 aromatic carbocycles. The number of carbonyl (C=O) groups excluding carboxylic acids is 1. The van der Waals surface area contributed by atoms with Crippen molar-refractivity contribution < 1.29 is 9.53 Å². The highest BCUT2D eigenvalue weighted by atomic mass is 16.5. The number of hydrogen-bond donors (Lipinski definition) is 2. The first-order valence-corrected chi connectivity index (χ1v) is 9.54. The van der Waals surface area contributed by atoms with Gasteiger partial charge in [0.05, 0.1) is 0 Å². The normalized spacial score (nSPS) is 14.6. The largest absolute Gasteiger partial charge is 0.489 e. The molecule has 4 rings (SSSR count). The summed E-state index contributed by atoms with van der Waals surface area (Å²) in [5.74, 6) is 1.05. The third-order valence-electron chi connectivity index (χ3n) is 4.78. The van der Waals surface area contributed by atoms with Crippen LogP contribution in [0, 0.1) is 0 Å². The highest BCUT2D eigenvalue weighted by Gasteiger charge is 2.22. The quantitative estimate of drug-likeness (QED) is 0.666. The summed E-state index contributed by atoms with van der Waals surface area (Å²) >= 11 is 0. The average molecular weight is 393 g/mol. The number of tetrazole rings is 1. The van der Waals surface area contributed by atoms with Crippen molar-refractivity contribution in [3.8, 4) is 5.75 Å². The summed E-state index contributed by atoms with van der Waals surface area (Å²) in [6, 6.07) is 18.1. The van der Waals surface area contributed by atoms with Crippen LogP contribution >= 0.6 is 0 Å². The fraction of sp³-hybridized carbons (Fsp3) is 0.300. The summed E-state index contributed by atoms with van der Waals surface area (Å²) in [4.78, 5) is 16.3. The van der Waals surface area contributed by atoms with Crippen LogP contribution < -0.4 is 10.1 Å². The summed E-state index contributed by atoms with van der Waals surface area (Å²) in [6.45, 7) is 4.27. The molecule has 1 aliphatic rings. The Bertz CT molecular complexity index is 910. The van der Waals surface area contributed by atoms with Gasteiger partial charge < -0.3 is 9.64 Å². The van der Waals surface area contributed by atoms with Crippen molar-refractivity contribution in [3.05, 3.63) is 65.7 Å². The molecule has 150 valence electrons. The second-order valence-electron chi connectivity index (χ2n) is 6.85. The number of rotatable bonds is 6. The van der Waals surface area contributed by atoms with E-state index >= 15 is 0 Å². The third kappa shape index (κ3) is 5.29. The molecular formula is C20H23N7O2. The van der Waals surface area contributed by atoms with Crippen LogP contribution in [-0.2, 0) is 13.2 Å². The number of amides is 2. The van der Waals surface area contributed by atoms with Gasteiger partial charge in [0.2, 0.25) is 0 Å². The number of benzene rings is 2. The molecule has 9 nitrogen and oxygen atoms in total. The lowest BCUT2D eigenvalue weighted by Gasteiger charge is -2.34. The molecular weight excluding hydrogens is 370 g/mol. The fourth-order valence-corrected chi connectivity index (χ4v) is 3.23. The summed E-state index contributed by atoms with van der Waals surface area (Å²) in [6.07, 6.45) is 0. The average Bonchev–Trinajstić information content (AvgIpc) is 3.27. The zero-order valence-electron chi connectivity index (χ0n) is 16.0. The van der Waals surface area contributed by atoms with E-state index < -0.39 is 0 Å². The van der Waals surface area contributed by atoms with Crippen molar-refractivity contribution in [1.29, 1.82) is 0 Å². The van der Waals surface area contributed by atoms with Crippen molar-refractivity contribution in [2.45, 2.75) is 13.2 Å². The molecule has 0 aliphatic carbocycles. The second kappa shape index (κ2) is 9.16. The van der Waals surface area contributed by atoms with Crippen molar-refractivity contribution in [1.82, 2.24) is 30.4 Å². The number of carbonyl (C=O) groups is 1. The van der Waals surface area contributed by atoms with Gasteiger partial charge in [-0.05, 0) is 28.5 Å². The number of aromatic nitrogens is 4. The second-order valence-corrected chi connectivity index (χ2v) is 6.85. The molecule has 1 fully saturated rings. The van der Waals surface area contributed by atoms with Crippen LogP contribution in [0.5, 0.6) is 5.75 Å². The van der Waals surface area contributed by atoms with Gasteiger partial charge in [-0.1, -0.05) is 47.6 Å². The van der Waals surface area contributed by atoms with E-state index in [1.54, 1.807) is 4.90 Å². The predicted octanol–water partition coefficient (Wildman–Crippen LogP) is 2.13. The molecule has 0 atom stereocenters. The Labute approximate surface area is 168 Å². The van der Waals surface area contributed by atoms with Gasteiger partial charge in [-0.2, -0.15) is 5.21 Å². The van der Waals surface area contributed by atoms with Gasteiger partial charge >= 0.3 is 6.03 Å². The Balaban J connectivity index is 1.25. The van der Waals surface area contributed by atoms with Crippen LogP contribution in [0.15, 0.2) is 54.6 Å². The van der Waals surface area contributed by atoms with Crippen LogP contribution in [0.3, 0.4) is 0 Å². The topological polar surface area (TPSA) is 99.3 Å². The Morgan fingerprint density at radius 1 is 1.03 bits per heavy atom. The Kier molecular flexibility index (Phi) is 5.96. The van der Waals surface area contributed by atoms with Crippen LogP contribution in [0.4, 0.5) is 10.7 Å². The lowest BCUT2D eigenvalue weighted by Crippen LogP contribution is -2.49. The van der Waals surface area contributed by atoms with Crippen LogP contribution in [-0.4, -0.2) is 62.6 Å². The van der Waals surface area contributed by atoms with Crippen molar-refractivity contribution >= 4 is 12.0 Å². The van der Waals surface area contributed by atoms with E-state index in [0.717, 1.165) is 30.9 Å². The van der Waals surface area contributed by atoms with Gasteiger partial charge in [0.15, 0.2) is 0 Å². The molecule has 0 spiro atoms. The van der Waals surface area contributed by atoms with Gasteiger partial charge in [-0.15, -0.1) is 5.10 Å². The van der Waals surface area contributed by atoms with E-state index in [4.69, 9.17) is 4.74 Å². The Hall–Kier alpha value is -3.46. The SMILES string of the molecule is O=C(Nc1nn[nH]n1)N1CCN(Cc2cccc(OCc3ccccc3)c2)CC1. The first-order valence-electron chi connectivity index (χ1n) is 9.54. The van der Waals surface area contributed by atoms with Crippen LogP contribution in [0.25, 0.3) is 0 Å². The Morgan fingerprint density at radius 3 is 2.59 bits per heavy atom. The molecule has 2 amide bonds. The molecule has 0 saturated carbocycles. The molecule has 2 heterocycles. The molecule has 0 unspecified atom stereocenters. The van der Waals surface area contributed by atoms with Gasteiger partial charge in [0.1, 0.15) is 12.4 Å². The smallest absolute Gasteiger partial charge is 0.324 e. The van der Waals surface area contributed by atoms with Crippen LogP contribution in [0.2, 0.25) is 0 Å². The summed E-state index contributed by atoms with van der Waals surface area (Å²) in [5, 5.41) is 15.8. The van der Waals surface area contributed by atoms with Gasteiger partial charge in [0.25, 0.3) is 5.95 Å².